The minimum Gasteiger partial charge on any atom is -0.481 e. The Labute approximate surface area is 243 Å². The van der Waals surface area contributed by atoms with Gasteiger partial charge in [-0.25, -0.2) is 5.43 Å². The highest BCUT2D eigenvalue weighted by atomic mass is 16.4. The van der Waals surface area contributed by atoms with Crippen LogP contribution in [-0.2, 0) is 4.79 Å². The number of carboxylic acid groups (broad SMARTS) is 1. The Morgan fingerprint density at radius 2 is 1.55 bits per heavy atom. The van der Waals surface area contributed by atoms with Crippen LogP contribution in [0.5, 0.6) is 0 Å². The molecule has 0 aliphatic heterocycles. The molecule has 1 aromatic carbocycles. The fourth-order valence-corrected chi connectivity index (χ4v) is 12.7. The number of para-hydroxylation sites is 1. The van der Waals surface area contributed by atoms with Gasteiger partial charge in [0.25, 0.3) is 0 Å². The van der Waals surface area contributed by atoms with Crippen molar-refractivity contribution in [3.8, 4) is 0 Å². The van der Waals surface area contributed by atoms with E-state index in [4.69, 9.17) is 0 Å². The van der Waals surface area contributed by atoms with Crippen molar-refractivity contribution in [3.05, 3.63) is 30.3 Å². The van der Waals surface area contributed by atoms with Crippen molar-refractivity contribution in [2.45, 2.75) is 119 Å². The van der Waals surface area contributed by atoms with Crippen LogP contribution >= 0.6 is 0 Å². The summed E-state index contributed by atoms with van der Waals surface area (Å²) in [4.78, 5) is 12.9. The van der Waals surface area contributed by atoms with E-state index in [1.54, 1.807) is 0 Å². The lowest BCUT2D eigenvalue weighted by Crippen LogP contribution is -2.68. The third-order valence-corrected chi connectivity index (χ3v) is 15.0. The van der Waals surface area contributed by atoms with Gasteiger partial charge >= 0.3 is 5.97 Å². The van der Waals surface area contributed by atoms with Crippen LogP contribution < -0.4 is 10.9 Å². The summed E-state index contributed by atoms with van der Waals surface area (Å²) in [6.45, 7) is 17.8. The first-order chi connectivity index (χ1) is 18.8. The van der Waals surface area contributed by atoms with Gasteiger partial charge in [0.1, 0.15) is 0 Å². The second-order valence-electron chi connectivity index (χ2n) is 16.7. The van der Waals surface area contributed by atoms with Gasteiger partial charge < -0.3 is 10.5 Å². The van der Waals surface area contributed by atoms with Gasteiger partial charge in [0.05, 0.1) is 5.41 Å². The van der Waals surface area contributed by atoms with Crippen molar-refractivity contribution in [2.75, 3.05) is 5.43 Å². The quantitative estimate of drug-likeness (QED) is 0.322. The van der Waals surface area contributed by atoms with Crippen LogP contribution in [0.2, 0.25) is 0 Å². The van der Waals surface area contributed by atoms with Gasteiger partial charge in [-0.1, -0.05) is 66.7 Å². The van der Waals surface area contributed by atoms with Gasteiger partial charge in [-0.15, -0.1) is 0 Å². The number of nitrogens with one attached hydrogen (secondary N) is 2. The molecule has 5 fully saturated rings. The van der Waals surface area contributed by atoms with Gasteiger partial charge in [-0.2, -0.15) is 0 Å². The zero-order valence-corrected chi connectivity index (χ0v) is 26.4. The van der Waals surface area contributed by atoms with Gasteiger partial charge in [-0.3, -0.25) is 4.79 Å². The Balaban J connectivity index is 1.29. The Morgan fingerprint density at radius 3 is 2.23 bits per heavy atom. The first-order valence-corrected chi connectivity index (χ1v) is 16.6. The van der Waals surface area contributed by atoms with Crippen LogP contribution in [0.1, 0.15) is 113 Å². The third kappa shape index (κ3) is 3.75. The number of anilines is 1. The minimum atomic E-state index is -0.484. The van der Waals surface area contributed by atoms with E-state index in [1.807, 2.05) is 0 Å². The van der Waals surface area contributed by atoms with Crippen molar-refractivity contribution < 1.29 is 9.90 Å². The predicted octanol–water partition coefficient (Wildman–Crippen LogP) is 8.79. The summed E-state index contributed by atoms with van der Waals surface area (Å²) in [5, 5.41) is 10.7. The van der Waals surface area contributed by atoms with Crippen LogP contribution in [0.4, 0.5) is 5.69 Å². The molecule has 5 saturated carbocycles. The number of hydrogen-bond donors (Lipinski definition) is 3. The van der Waals surface area contributed by atoms with E-state index in [0.29, 0.717) is 41.0 Å². The maximum atomic E-state index is 12.9. The summed E-state index contributed by atoms with van der Waals surface area (Å²) in [5.74, 6) is 2.97. The average molecular weight is 549 g/mol. The fraction of sp³-hybridized carbons (Fsp3) is 0.806. The summed E-state index contributed by atoms with van der Waals surface area (Å²) in [7, 11) is 0. The first kappa shape index (κ1) is 28.6. The number of benzene rings is 1. The van der Waals surface area contributed by atoms with Crippen molar-refractivity contribution in [1.82, 2.24) is 5.43 Å². The van der Waals surface area contributed by atoms with Crippen LogP contribution in [0.15, 0.2) is 30.3 Å². The summed E-state index contributed by atoms with van der Waals surface area (Å²) in [6, 6.07) is 11.0. The molecule has 4 nitrogen and oxygen atoms in total. The van der Waals surface area contributed by atoms with Gasteiger partial charge in [0.2, 0.25) is 0 Å². The highest BCUT2D eigenvalue weighted by Gasteiger charge is 2.72. The fourth-order valence-electron chi connectivity index (χ4n) is 12.7. The second kappa shape index (κ2) is 9.48. The van der Waals surface area contributed by atoms with E-state index in [2.05, 4.69) is 89.6 Å². The monoisotopic (exact) mass is 548 g/mol. The van der Waals surface area contributed by atoms with Crippen LogP contribution in [-0.4, -0.2) is 17.1 Å². The number of aliphatic carboxylic acids is 1. The van der Waals surface area contributed by atoms with E-state index >= 15 is 0 Å². The lowest BCUT2D eigenvalue weighted by molar-refractivity contribution is -0.242. The van der Waals surface area contributed by atoms with Crippen molar-refractivity contribution in [1.29, 1.82) is 0 Å². The van der Waals surface area contributed by atoms with Crippen LogP contribution in [0.3, 0.4) is 0 Å². The summed E-state index contributed by atoms with van der Waals surface area (Å²) < 4.78 is 0. The first-order valence-electron chi connectivity index (χ1n) is 16.6. The Bertz CT molecular complexity index is 1120. The van der Waals surface area contributed by atoms with Gasteiger partial charge in [0.15, 0.2) is 0 Å². The Morgan fingerprint density at radius 1 is 0.825 bits per heavy atom. The Hall–Kier alpha value is -1.55. The maximum Gasteiger partial charge on any atom is 0.309 e. The third-order valence-electron chi connectivity index (χ3n) is 15.0. The molecule has 3 N–H and O–H groups in total. The molecule has 40 heavy (non-hydrogen) atoms. The SMILES string of the molecule is CC(C)[C@@H]1CCC2(C(=O)O)CC[C@]3(C)[C@H](CCC4[C@@]5(C)CCC(NNc6ccccc6)C(C)(C)[C@@H]5CC[C@]43C)C12. The van der Waals surface area contributed by atoms with Crippen LogP contribution in [0.25, 0.3) is 0 Å². The second-order valence-corrected chi connectivity index (χ2v) is 16.7. The minimum absolute atomic E-state index is 0.201. The number of hydrazine groups is 1. The lowest BCUT2D eigenvalue weighted by Gasteiger charge is -2.73. The molecule has 5 aliphatic carbocycles. The molecule has 4 unspecified atom stereocenters. The molecule has 10 atom stereocenters. The van der Waals surface area contributed by atoms with Gasteiger partial charge in [0, 0.05) is 11.7 Å². The molecule has 0 bridgehead atoms. The summed E-state index contributed by atoms with van der Waals surface area (Å²) in [5.41, 5.74) is 9.02. The van der Waals surface area contributed by atoms with Crippen molar-refractivity contribution in [3.63, 3.8) is 0 Å². The van der Waals surface area contributed by atoms with Crippen LogP contribution in [0, 0.1) is 62.6 Å². The standard InChI is InChI=1S/C36H56N2O2/c1-23(2)25-15-20-36(31(39)40)22-21-34(6)26(30(25)36)13-14-28-33(5)18-17-29(38-37-24-11-9-8-10-12-24)32(3,4)27(33)16-19-35(28,34)7/h8-12,23,25-30,37-38H,13-22H2,1-7H3,(H,39,40)/t25-,26+,27-,28?,29?,30?,33-,34+,35+,36?/m0/s1. The average Bonchev–Trinajstić information content (AvgIpc) is 3.31. The number of fused-ring (bicyclic) bond motifs is 7. The van der Waals surface area contributed by atoms with E-state index in [9.17, 15) is 9.90 Å². The summed E-state index contributed by atoms with van der Waals surface area (Å²) >= 11 is 0. The molecule has 0 spiro atoms. The maximum absolute atomic E-state index is 12.9. The van der Waals surface area contributed by atoms with E-state index in [0.717, 1.165) is 37.3 Å². The smallest absolute Gasteiger partial charge is 0.309 e. The molecule has 6 rings (SSSR count). The normalized spacial score (nSPS) is 47.5. The van der Waals surface area contributed by atoms with Crippen molar-refractivity contribution >= 4 is 11.7 Å². The molecular formula is C36H56N2O2. The predicted molar refractivity (Wildman–Crippen MR) is 164 cm³/mol. The molecule has 1 aromatic rings. The molecule has 4 heteroatoms. The van der Waals surface area contributed by atoms with E-state index < -0.39 is 11.4 Å². The zero-order valence-electron chi connectivity index (χ0n) is 26.4. The van der Waals surface area contributed by atoms with E-state index in [1.165, 1.54) is 38.5 Å². The number of hydrogen-bond acceptors (Lipinski definition) is 3. The lowest BCUT2D eigenvalue weighted by atomic mass is 9.32. The topological polar surface area (TPSA) is 61.4 Å². The highest BCUT2D eigenvalue weighted by Crippen LogP contribution is 2.77. The van der Waals surface area contributed by atoms with E-state index in [-0.39, 0.29) is 16.2 Å². The largest absolute Gasteiger partial charge is 0.481 e. The van der Waals surface area contributed by atoms with Crippen molar-refractivity contribution in [2.24, 2.45) is 62.6 Å². The molecule has 0 aromatic heterocycles. The van der Waals surface area contributed by atoms with Gasteiger partial charge in [-0.05, 0) is 134 Å². The molecule has 222 valence electrons. The molecule has 5 aliphatic rings. The number of carbonyl (C=O) groups is 1. The Kier molecular flexibility index (Phi) is 6.77. The number of rotatable bonds is 5. The number of carboxylic acids is 1. The molecular weight excluding hydrogens is 492 g/mol. The summed E-state index contributed by atoms with van der Waals surface area (Å²) in [6.07, 6.45) is 11.6. The molecule has 0 amide bonds. The molecule has 0 heterocycles. The molecule has 0 radical (unpaired) electrons. The molecule has 0 saturated heterocycles. The zero-order chi connectivity index (χ0) is 28.7. The highest BCUT2D eigenvalue weighted by molar-refractivity contribution is 5.76.